The normalized spacial score (nSPS) is 10.6. The summed E-state index contributed by atoms with van der Waals surface area (Å²) < 4.78 is 0. The summed E-state index contributed by atoms with van der Waals surface area (Å²) in [7, 11) is 0. The molecule has 10 heavy (non-hydrogen) atoms. The third-order valence-electron chi connectivity index (χ3n) is 1.21. The van der Waals surface area contributed by atoms with Crippen LogP contribution in [0.3, 0.4) is 0 Å². The smallest absolute Gasteiger partial charge is 0.0478 e. The first-order chi connectivity index (χ1) is 4.84. The van der Waals surface area contributed by atoms with Crippen LogP contribution in [0.5, 0.6) is 0 Å². The van der Waals surface area contributed by atoms with E-state index in [1.807, 2.05) is 37.3 Å². The number of hydrogen-bond acceptors (Lipinski definition) is 0. The standard InChI is InChI=1S/C9H8Cl/c1-2-5-8-6-3-4-7-9(8)10/h3-7H,1H3. The van der Waals surface area contributed by atoms with Crippen molar-refractivity contribution in [3.8, 4) is 0 Å². The highest BCUT2D eigenvalue weighted by Crippen LogP contribution is 2.15. The van der Waals surface area contributed by atoms with Crippen molar-refractivity contribution in [1.82, 2.24) is 0 Å². The lowest BCUT2D eigenvalue weighted by Crippen LogP contribution is -1.71. The molecular weight excluding hydrogens is 144 g/mol. The number of rotatable bonds is 1. The van der Waals surface area contributed by atoms with E-state index in [0.29, 0.717) is 0 Å². The molecule has 1 aromatic rings. The fraction of sp³-hybridized carbons (Fsp3) is 0.111. The minimum absolute atomic E-state index is 0.775. The Morgan fingerprint density at radius 3 is 2.70 bits per heavy atom. The molecule has 0 spiro atoms. The molecule has 0 bridgehead atoms. The molecule has 1 radical (unpaired) electrons. The van der Waals surface area contributed by atoms with Gasteiger partial charge in [-0.15, -0.1) is 0 Å². The van der Waals surface area contributed by atoms with Crippen molar-refractivity contribution in [1.29, 1.82) is 0 Å². The van der Waals surface area contributed by atoms with Crippen LogP contribution in [0, 0.1) is 6.08 Å². The fourth-order valence-corrected chi connectivity index (χ4v) is 0.938. The number of hydrogen-bond donors (Lipinski definition) is 0. The minimum atomic E-state index is 0.775. The van der Waals surface area contributed by atoms with Gasteiger partial charge in [0.1, 0.15) is 0 Å². The molecule has 0 atom stereocenters. The third kappa shape index (κ3) is 1.61. The number of allylic oxidation sites excluding steroid dienone is 1. The van der Waals surface area contributed by atoms with Crippen molar-refractivity contribution >= 4 is 17.7 Å². The van der Waals surface area contributed by atoms with E-state index in [2.05, 4.69) is 6.08 Å². The van der Waals surface area contributed by atoms with E-state index in [4.69, 9.17) is 11.6 Å². The molecule has 0 nitrogen and oxygen atoms in total. The molecule has 1 rings (SSSR count). The molecule has 0 saturated carbocycles. The van der Waals surface area contributed by atoms with Crippen molar-refractivity contribution in [3.63, 3.8) is 0 Å². The van der Waals surface area contributed by atoms with Gasteiger partial charge in [-0.1, -0.05) is 35.9 Å². The maximum atomic E-state index is 5.83. The number of halogens is 1. The maximum Gasteiger partial charge on any atom is 0.0478 e. The summed E-state index contributed by atoms with van der Waals surface area (Å²) in [5.74, 6) is 0. The molecule has 0 fully saturated rings. The highest BCUT2D eigenvalue weighted by Gasteiger charge is 1.90. The molecule has 1 aromatic carbocycles. The summed E-state index contributed by atoms with van der Waals surface area (Å²) in [4.78, 5) is 0. The Bertz CT molecular complexity index is 238. The van der Waals surface area contributed by atoms with E-state index in [1.165, 1.54) is 0 Å². The minimum Gasteiger partial charge on any atom is -0.0837 e. The van der Waals surface area contributed by atoms with Gasteiger partial charge in [0.05, 0.1) is 0 Å². The van der Waals surface area contributed by atoms with Gasteiger partial charge >= 0.3 is 0 Å². The monoisotopic (exact) mass is 151 g/mol. The van der Waals surface area contributed by atoms with Gasteiger partial charge in [0.15, 0.2) is 0 Å². The molecule has 51 valence electrons. The van der Waals surface area contributed by atoms with Gasteiger partial charge < -0.3 is 0 Å². The molecule has 0 aliphatic rings. The van der Waals surface area contributed by atoms with Crippen LogP contribution < -0.4 is 0 Å². The highest BCUT2D eigenvalue weighted by molar-refractivity contribution is 6.32. The molecule has 0 aliphatic heterocycles. The van der Waals surface area contributed by atoms with E-state index in [-0.39, 0.29) is 0 Å². The average molecular weight is 152 g/mol. The molecular formula is C9H8Cl. The van der Waals surface area contributed by atoms with Gasteiger partial charge in [-0.25, -0.2) is 0 Å². The topological polar surface area (TPSA) is 0 Å². The van der Waals surface area contributed by atoms with Crippen molar-refractivity contribution < 1.29 is 0 Å². The average Bonchev–Trinajstić information content (AvgIpc) is 1.94. The first-order valence-corrected chi connectivity index (χ1v) is 3.47. The van der Waals surface area contributed by atoms with E-state index < -0.39 is 0 Å². The first-order valence-electron chi connectivity index (χ1n) is 3.09. The van der Waals surface area contributed by atoms with Gasteiger partial charge in [-0.2, -0.15) is 0 Å². The van der Waals surface area contributed by atoms with E-state index in [1.54, 1.807) is 0 Å². The van der Waals surface area contributed by atoms with Crippen molar-refractivity contribution in [3.05, 3.63) is 40.9 Å². The zero-order valence-corrected chi connectivity index (χ0v) is 6.52. The van der Waals surface area contributed by atoms with Crippen LogP contribution in [-0.4, -0.2) is 0 Å². The molecule has 1 heteroatoms. The summed E-state index contributed by atoms with van der Waals surface area (Å²) in [6.07, 6.45) is 4.78. The third-order valence-corrected chi connectivity index (χ3v) is 1.55. The number of benzene rings is 1. The van der Waals surface area contributed by atoms with Gasteiger partial charge in [-0.3, -0.25) is 0 Å². The van der Waals surface area contributed by atoms with Gasteiger partial charge in [0.2, 0.25) is 0 Å². The molecule has 0 amide bonds. The van der Waals surface area contributed by atoms with E-state index >= 15 is 0 Å². The molecule has 0 saturated heterocycles. The van der Waals surface area contributed by atoms with E-state index in [0.717, 1.165) is 10.6 Å². The zero-order chi connectivity index (χ0) is 7.40. The molecule has 0 unspecified atom stereocenters. The van der Waals surface area contributed by atoms with Gasteiger partial charge in [0.25, 0.3) is 0 Å². The first kappa shape index (κ1) is 7.36. The Hall–Kier alpha value is -0.750. The van der Waals surface area contributed by atoms with Crippen molar-refractivity contribution in [2.24, 2.45) is 0 Å². The fourth-order valence-electron chi connectivity index (χ4n) is 0.748. The van der Waals surface area contributed by atoms with Gasteiger partial charge in [-0.05, 0) is 24.6 Å². The Labute approximate surface area is 66.1 Å². The van der Waals surface area contributed by atoms with Crippen LogP contribution in [0.1, 0.15) is 12.5 Å². The van der Waals surface area contributed by atoms with Crippen molar-refractivity contribution in [2.75, 3.05) is 0 Å². The second kappa shape index (κ2) is 3.43. The zero-order valence-electron chi connectivity index (χ0n) is 5.76. The Morgan fingerprint density at radius 1 is 1.40 bits per heavy atom. The second-order valence-electron chi connectivity index (χ2n) is 1.95. The van der Waals surface area contributed by atoms with Crippen LogP contribution in [0.4, 0.5) is 0 Å². The lowest BCUT2D eigenvalue weighted by atomic mass is 10.2. The second-order valence-corrected chi connectivity index (χ2v) is 2.36. The van der Waals surface area contributed by atoms with Crippen molar-refractivity contribution in [2.45, 2.75) is 6.92 Å². The highest BCUT2D eigenvalue weighted by atomic mass is 35.5. The molecule has 0 aliphatic carbocycles. The summed E-state index contributed by atoms with van der Waals surface area (Å²) in [6, 6.07) is 7.69. The summed E-state index contributed by atoms with van der Waals surface area (Å²) >= 11 is 5.83. The summed E-state index contributed by atoms with van der Waals surface area (Å²) in [5, 5.41) is 0.775. The predicted octanol–water partition coefficient (Wildman–Crippen LogP) is 3.18. The maximum absolute atomic E-state index is 5.83. The molecule has 0 aromatic heterocycles. The van der Waals surface area contributed by atoms with E-state index in [9.17, 15) is 0 Å². The van der Waals surface area contributed by atoms with Crippen LogP contribution in [0.25, 0.3) is 6.08 Å². The Morgan fingerprint density at radius 2 is 2.10 bits per heavy atom. The largest absolute Gasteiger partial charge is 0.0837 e. The molecule has 0 heterocycles. The molecule has 0 N–H and O–H groups in total. The van der Waals surface area contributed by atoms with Crippen LogP contribution in [-0.2, 0) is 0 Å². The lowest BCUT2D eigenvalue weighted by molar-refractivity contribution is 1.62. The quantitative estimate of drug-likeness (QED) is 0.579. The lowest BCUT2D eigenvalue weighted by Gasteiger charge is -1.93. The predicted molar refractivity (Wildman–Crippen MR) is 44.8 cm³/mol. The van der Waals surface area contributed by atoms with Crippen LogP contribution in [0.15, 0.2) is 24.3 Å². The van der Waals surface area contributed by atoms with Crippen LogP contribution in [0.2, 0.25) is 5.02 Å². The Kier molecular flexibility index (Phi) is 2.52. The summed E-state index contributed by atoms with van der Waals surface area (Å²) in [5.41, 5.74) is 1.02. The van der Waals surface area contributed by atoms with Gasteiger partial charge in [0, 0.05) is 5.02 Å². The van der Waals surface area contributed by atoms with Crippen LogP contribution >= 0.6 is 11.6 Å². The Balaban J connectivity index is 3.03. The summed E-state index contributed by atoms with van der Waals surface area (Å²) in [6.45, 7) is 1.85. The SMILES string of the molecule is C/[C]=C\c1ccccc1Cl.